The average molecular weight is 230 g/mol. The molecule has 0 saturated heterocycles. The van der Waals surface area contributed by atoms with Crippen molar-refractivity contribution < 1.29 is 9.18 Å². The Balaban J connectivity index is 2.64. The van der Waals surface area contributed by atoms with Crippen molar-refractivity contribution >= 4 is 27.5 Å². The Labute approximate surface area is 76.9 Å². The summed E-state index contributed by atoms with van der Waals surface area (Å²) in [5.41, 5.74) is 1.02. The van der Waals surface area contributed by atoms with Crippen LogP contribution in [0.25, 0.3) is 0 Å². The van der Waals surface area contributed by atoms with Crippen LogP contribution in [-0.4, -0.2) is 5.91 Å². The van der Waals surface area contributed by atoms with Gasteiger partial charge in [0.1, 0.15) is 5.82 Å². The summed E-state index contributed by atoms with van der Waals surface area (Å²) in [6, 6.07) is 2.93. The molecule has 1 aliphatic rings. The van der Waals surface area contributed by atoms with Crippen LogP contribution in [0.15, 0.2) is 16.6 Å². The number of amides is 1. The molecule has 1 N–H and O–H groups in total. The number of hydrogen-bond donors (Lipinski definition) is 1. The summed E-state index contributed by atoms with van der Waals surface area (Å²) in [6.45, 7) is 0. The van der Waals surface area contributed by atoms with E-state index in [1.807, 2.05) is 0 Å². The lowest BCUT2D eigenvalue weighted by Gasteiger charge is -2.01. The van der Waals surface area contributed by atoms with E-state index in [2.05, 4.69) is 21.2 Å². The maximum absolute atomic E-state index is 13.0. The summed E-state index contributed by atoms with van der Waals surface area (Å²) in [5.74, 6) is -0.484. The van der Waals surface area contributed by atoms with Gasteiger partial charge in [0, 0.05) is 10.0 Å². The predicted molar refractivity (Wildman–Crippen MR) is 46.4 cm³/mol. The summed E-state index contributed by atoms with van der Waals surface area (Å²) >= 11 is 3.23. The third kappa shape index (κ3) is 1.03. The van der Waals surface area contributed by atoms with Gasteiger partial charge in [-0.1, -0.05) is 0 Å². The van der Waals surface area contributed by atoms with E-state index in [1.165, 1.54) is 6.07 Å². The van der Waals surface area contributed by atoms with Gasteiger partial charge < -0.3 is 5.32 Å². The van der Waals surface area contributed by atoms with E-state index in [0.717, 1.165) is 4.47 Å². The second kappa shape index (κ2) is 2.55. The van der Waals surface area contributed by atoms with Crippen molar-refractivity contribution in [3.63, 3.8) is 0 Å². The summed E-state index contributed by atoms with van der Waals surface area (Å²) in [7, 11) is 0. The third-order valence-corrected chi connectivity index (χ3v) is 2.47. The van der Waals surface area contributed by atoms with E-state index in [1.54, 1.807) is 6.07 Å². The molecule has 1 amide bonds. The highest BCUT2D eigenvalue weighted by atomic mass is 79.9. The molecule has 0 bridgehead atoms. The van der Waals surface area contributed by atoms with E-state index in [4.69, 9.17) is 0 Å². The van der Waals surface area contributed by atoms with Crippen molar-refractivity contribution in [1.29, 1.82) is 0 Å². The summed E-state index contributed by atoms with van der Waals surface area (Å²) in [4.78, 5) is 10.9. The minimum atomic E-state index is -0.327. The van der Waals surface area contributed by atoms with E-state index in [9.17, 15) is 9.18 Å². The van der Waals surface area contributed by atoms with Gasteiger partial charge in [-0.3, -0.25) is 4.79 Å². The molecule has 1 aromatic carbocycles. The maximum atomic E-state index is 13.0. The number of benzene rings is 1. The largest absolute Gasteiger partial charge is 0.324 e. The topological polar surface area (TPSA) is 29.1 Å². The Bertz CT molecular complexity index is 331. The molecule has 1 aromatic rings. The second-order valence-corrected chi connectivity index (χ2v) is 3.46. The SMILES string of the molecule is O=C1Cc2c(F)ccc(Br)c2N1. The number of halogens is 2. The van der Waals surface area contributed by atoms with Gasteiger partial charge in [-0.25, -0.2) is 4.39 Å². The van der Waals surface area contributed by atoms with Gasteiger partial charge in [0.2, 0.25) is 5.91 Å². The van der Waals surface area contributed by atoms with Crippen molar-refractivity contribution in [1.82, 2.24) is 0 Å². The Hall–Kier alpha value is -0.900. The van der Waals surface area contributed by atoms with E-state index >= 15 is 0 Å². The summed E-state index contributed by atoms with van der Waals surface area (Å²) < 4.78 is 13.8. The van der Waals surface area contributed by atoms with Gasteiger partial charge in [0.15, 0.2) is 0 Å². The van der Waals surface area contributed by atoms with Crippen molar-refractivity contribution in [2.24, 2.45) is 0 Å². The highest BCUT2D eigenvalue weighted by molar-refractivity contribution is 9.10. The highest BCUT2D eigenvalue weighted by Gasteiger charge is 2.22. The van der Waals surface area contributed by atoms with E-state index in [-0.39, 0.29) is 18.1 Å². The van der Waals surface area contributed by atoms with Crippen LogP contribution in [0.2, 0.25) is 0 Å². The highest BCUT2D eigenvalue weighted by Crippen LogP contribution is 2.32. The number of carbonyl (C=O) groups excluding carboxylic acids is 1. The summed E-state index contributed by atoms with van der Waals surface area (Å²) in [5, 5.41) is 2.58. The van der Waals surface area contributed by atoms with Gasteiger partial charge in [0.05, 0.1) is 12.1 Å². The molecule has 2 nitrogen and oxygen atoms in total. The molecule has 0 unspecified atom stereocenters. The Morgan fingerprint density at radius 3 is 2.92 bits per heavy atom. The van der Waals surface area contributed by atoms with Gasteiger partial charge in [0.25, 0.3) is 0 Å². The third-order valence-electron chi connectivity index (χ3n) is 1.81. The number of rotatable bonds is 0. The standard InChI is InChI=1S/C8H5BrFNO/c9-5-1-2-6(10)4-3-7(12)11-8(4)5/h1-2H,3H2,(H,11,12). The molecule has 12 heavy (non-hydrogen) atoms. The quantitative estimate of drug-likeness (QED) is 0.726. The zero-order valence-corrected chi connectivity index (χ0v) is 7.61. The number of anilines is 1. The lowest BCUT2D eigenvalue weighted by molar-refractivity contribution is -0.115. The fraction of sp³-hybridized carbons (Fsp3) is 0.125. The predicted octanol–water partition coefficient (Wildman–Crippen LogP) is 2.08. The molecule has 0 spiro atoms. The zero-order valence-electron chi connectivity index (χ0n) is 6.03. The van der Waals surface area contributed by atoms with Gasteiger partial charge >= 0.3 is 0 Å². The molecule has 62 valence electrons. The second-order valence-electron chi connectivity index (χ2n) is 2.61. The van der Waals surface area contributed by atoms with Crippen molar-refractivity contribution in [2.45, 2.75) is 6.42 Å². The Kier molecular flexibility index (Phi) is 1.65. The molecular weight excluding hydrogens is 225 g/mol. The minimum Gasteiger partial charge on any atom is -0.324 e. The molecular formula is C8H5BrFNO. The Morgan fingerprint density at radius 1 is 1.50 bits per heavy atom. The molecule has 1 heterocycles. The first kappa shape index (κ1) is 7.73. The minimum absolute atomic E-state index is 0.139. The van der Waals surface area contributed by atoms with E-state index < -0.39 is 0 Å². The number of carbonyl (C=O) groups is 1. The summed E-state index contributed by atoms with van der Waals surface area (Å²) in [6.07, 6.45) is 0.139. The Morgan fingerprint density at radius 2 is 2.25 bits per heavy atom. The first-order valence-corrected chi connectivity index (χ1v) is 4.24. The number of fused-ring (bicyclic) bond motifs is 1. The molecule has 0 aliphatic carbocycles. The molecule has 2 rings (SSSR count). The number of nitrogens with one attached hydrogen (secondary N) is 1. The fourth-order valence-corrected chi connectivity index (χ4v) is 1.72. The van der Waals surface area contributed by atoms with Gasteiger partial charge in [-0.15, -0.1) is 0 Å². The van der Waals surface area contributed by atoms with E-state index in [0.29, 0.717) is 11.3 Å². The lowest BCUT2D eigenvalue weighted by atomic mass is 10.1. The average Bonchev–Trinajstić information content (AvgIpc) is 2.41. The monoisotopic (exact) mass is 229 g/mol. The van der Waals surface area contributed by atoms with Crippen molar-refractivity contribution in [3.05, 3.63) is 28.0 Å². The smallest absolute Gasteiger partial charge is 0.229 e. The maximum Gasteiger partial charge on any atom is 0.229 e. The fourth-order valence-electron chi connectivity index (χ4n) is 1.25. The molecule has 0 radical (unpaired) electrons. The van der Waals surface area contributed by atoms with Crippen LogP contribution in [0.1, 0.15) is 5.56 Å². The first-order chi connectivity index (χ1) is 5.68. The lowest BCUT2D eigenvalue weighted by Crippen LogP contribution is -2.03. The van der Waals surface area contributed by atoms with Crippen LogP contribution in [0, 0.1) is 5.82 Å². The molecule has 0 atom stereocenters. The van der Waals surface area contributed by atoms with Crippen LogP contribution in [-0.2, 0) is 11.2 Å². The molecule has 1 aliphatic heterocycles. The van der Waals surface area contributed by atoms with Crippen LogP contribution >= 0.6 is 15.9 Å². The molecule has 0 fully saturated rings. The molecule has 4 heteroatoms. The normalized spacial score (nSPS) is 14.3. The zero-order chi connectivity index (χ0) is 8.72. The van der Waals surface area contributed by atoms with Crippen LogP contribution in [0.5, 0.6) is 0 Å². The van der Waals surface area contributed by atoms with Gasteiger partial charge in [-0.05, 0) is 28.1 Å². The van der Waals surface area contributed by atoms with Crippen LogP contribution in [0.3, 0.4) is 0 Å². The van der Waals surface area contributed by atoms with Crippen LogP contribution < -0.4 is 5.32 Å². The molecule has 0 saturated carbocycles. The van der Waals surface area contributed by atoms with Crippen LogP contribution in [0.4, 0.5) is 10.1 Å². The molecule has 0 aromatic heterocycles. The first-order valence-electron chi connectivity index (χ1n) is 3.45. The van der Waals surface area contributed by atoms with Crippen molar-refractivity contribution in [3.8, 4) is 0 Å². The van der Waals surface area contributed by atoms with Gasteiger partial charge in [-0.2, -0.15) is 0 Å². The number of hydrogen-bond acceptors (Lipinski definition) is 1. The van der Waals surface area contributed by atoms with Crippen molar-refractivity contribution in [2.75, 3.05) is 5.32 Å².